The number of nitro benzene ring substituents is 1. The molecule has 7 nitrogen and oxygen atoms in total. The van der Waals surface area contributed by atoms with Gasteiger partial charge in [-0.2, -0.15) is 0 Å². The van der Waals surface area contributed by atoms with Gasteiger partial charge in [0.15, 0.2) is 5.13 Å². The molecular formula is C22H17ClN4O3S. The zero-order valence-corrected chi connectivity index (χ0v) is 18.1. The first kappa shape index (κ1) is 20.9. The Kier molecular flexibility index (Phi) is 5.92. The Bertz CT molecular complexity index is 1220. The van der Waals surface area contributed by atoms with Crippen LogP contribution in [0.4, 0.5) is 10.8 Å². The van der Waals surface area contributed by atoms with Crippen molar-refractivity contribution in [2.24, 2.45) is 0 Å². The number of non-ortho nitro benzene ring substituents is 1. The molecule has 0 saturated carbocycles. The molecule has 9 heteroatoms. The second kappa shape index (κ2) is 8.79. The number of benzene rings is 2. The van der Waals surface area contributed by atoms with E-state index in [1.165, 1.54) is 23.5 Å². The predicted molar refractivity (Wildman–Crippen MR) is 122 cm³/mol. The first-order valence-corrected chi connectivity index (χ1v) is 10.6. The highest BCUT2D eigenvalue weighted by Gasteiger charge is 2.22. The number of carbonyl (C=O) groups excluding carboxylic acids is 1. The topological polar surface area (TPSA) is 89.2 Å². The maximum Gasteiger partial charge on any atom is 0.269 e. The molecule has 0 aliphatic carbocycles. The molecule has 156 valence electrons. The highest BCUT2D eigenvalue weighted by atomic mass is 35.5. The van der Waals surface area contributed by atoms with Crippen LogP contribution in [0.1, 0.15) is 16.7 Å². The van der Waals surface area contributed by atoms with Gasteiger partial charge in [0.1, 0.15) is 0 Å². The molecule has 0 aliphatic rings. The summed E-state index contributed by atoms with van der Waals surface area (Å²) < 4.78 is 0.830. The van der Waals surface area contributed by atoms with E-state index in [0.717, 1.165) is 21.3 Å². The molecule has 0 unspecified atom stereocenters. The van der Waals surface area contributed by atoms with Gasteiger partial charge in [-0.3, -0.25) is 24.8 Å². The summed E-state index contributed by atoms with van der Waals surface area (Å²) in [5.41, 5.74) is 3.28. The second-order valence-corrected chi connectivity index (χ2v) is 8.36. The minimum absolute atomic E-state index is 0.0142. The van der Waals surface area contributed by atoms with Crippen molar-refractivity contribution in [1.82, 2.24) is 9.97 Å². The average molecular weight is 453 g/mol. The number of carbonyl (C=O) groups is 1. The number of fused-ring (bicyclic) bond motifs is 1. The molecule has 0 aliphatic heterocycles. The number of nitro groups is 1. The predicted octanol–water partition coefficient (Wildman–Crippen LogP) is 5.34. The van der Waals surface area contributed by atoms with E-state index in [0.29, 0.717) is 22.3 Å². The number of aryl methyl sites for hydroxylation is 1. The third-order valence-corrected chi connectivity index (χ3v) is 6.32. The van der Waals surface area contributed by atoms with Crippen LogP contribution in [0, 0.1) is 17.0 Å². The molecule has 0 N–H and O–H groups in total. The molecule has 0 saturated heterocycles. The van der Waals surface area contributed by atoms with Gasteiger partial charge in [0, 0.05) is 24.5 Å². The third kappa shape index (κ3) is 4.55. The van der Waals surface area contributed by atoms with Crippen molar-refractivity contribution in [3.63, 3.8) is 0 Å². The summed E-state index contributed by atoms with van der Waals surface area (Å²) in [5, 5.41) is 12.0. The quantitative estimate of drug-likeness (QED) is 0.291. The van der Waals surface area contributed by atoms with Crippen LogP contribution in [0.25, 0.3) is 10.2 Å². The van der Waals surface area contributed by atoms with Gasteiger partial charge < -0.3 is 0 Å². The Hall–Kier alpha value is -3.36. The minimum Gasteiger partial charge on any atom is -0.283 e. The molecule has 1 amide bonds. The van der Waals surface area contributed by atoms with Crippen molar-refractivity contribution in [3.05, 3.63) is 92.8 Å². The Morgan fingerprint density at radius 1 is 1.16 bits per heavy atom. The highest BCUT2D eigenvalue weighted by Crippen LogP contribution is 2.36. The van der Waals surface area contributed by atoms with E-state index in [2.05, 4.69) is 4.98 Å². The van der Waals surface area contributed by atoms with Crippen molar-refractivity contribution < 1.29 is 9.72 Å². The molecule has 0 atom stereocenters. The van der Waals surface area contributed by atoms with Crippen LogP contribution in [-0.4, -0.2) is 20.8 Å². The van der Waals surface area contributed by atoms with Crippen LogP contribution >= 0.6 is 22.9 Å². The van der Waals surface area contributed by atoms with Crippen molar-refractivity contribution in [2.75, 3.05) is 4.90 Å². The summed E-state index contributed by atoms with van der Waals surface area (Å²) in [6.07, 6.45) is 3.46. The number of amides is 1. The van der Waals surface area contributed by atoms with E-state index in [4.69, 9.17) is 16.6 Å². The van der Waals surface area contributed by atoms with Crippen LogP contribution in [0.3, 0.4) is 0 Å². The number of aromatic nitrogens is 2. The molecule has 2 aromatic heterocycles. The van der Waals surface area contributed by atoms with Gasteiger partial charge in [-0.1, -0.05) is 47.2 Å². The molecule has 0 fully saturated rings. The molecule has 2 aromatic carbocycles. The van der Waals surface area contributed by atoms with Gasteiger partial charge in [-0.15, -0.1) is 0 Å². The minimum atomic E-state index is -0.465. The Balaban J connectivity index is 1.69. The number of rotatable bonds is 6. The zero-order chi connectivity index (χ0) is 22.0. The lowest BCUT2D eigenvalue weighted by molar-refractivity contribution is -0.384. The summed E-state index contributed by atoms with van der Waals surface area (Å²) in [6, 6.07) is 13.4. The van der Waals surface area contributed by atoms with Crippen molar-refractivity contribution >= 4 is 49.9 Å². The second-order valence-electron chi connectivity index (χ2n) is 6.98. The molecule has 4 rings (SSSR count). The highest BCUT2D eigenvalue weighted by molar-refractivity contribution is 7.23. The van der Waals surface area contributed by atoms with E-state index >= 15 is 0 Å². The fraction of sp³-hybridized carbons (Fsp3) is 0.136. The van der Waals surface area contributed by atoms with Crippen molar-refractivity contribution in [1.29, 1.82) is 0 Å². The first-order valence-electron chi connectivity index (χ1n) is 9.40. The number of nitrogens with zero attached hydrogens (tertiary/aromatic N) is 4. The Labute approximate surface area is 187 Å². The summed E-state index contributed by atoms with van der Waals surface area (Å²) in [6.45, 7) is 2.25. The van der Waals surface area contributed by atoms with Crippen LogP contribution in [0.2, 0.25) is 5.02 Å². The van der Waals surface area contributed by atoms with Gasteiger partial charge in [0.2, 0.25) is 5.91 Å². The smallest absolute Gasteiger partial charge is 0.269 e. The van der Waals surface area contributed by atoms with Gasteiger partial charge >= 0.3 is 0 Å². The maximum atomic E-state index is 13.3. The molecule has 31 heavy (non-hydrogen) atoms. The lowest BCUT2D eigenvalue weighted by Gasteiger charge is -2.20. The monoisotopic (exact) mass is 452 g/mol. The van der Waals surface area contributed by atoms with Gasteiger partial charge in [-0.05, 0) is 35.7 Å². The summed E-state index contributed by atoms with van der Waals surface area (Å²) in [4.78, 5) is 34.1. The molecule has 0 spiro atoms. The lowest BCUT2D eigenvalue weighted by atomic mass is 10.1. The number of anilines is 1. The largest absolute Gasteiger partial charge is 0.283 e. The molecule has 0 bridgehead atoms. The Morgan fingerprint density at radius 3 is 2.58 bits per heavy atom. The maximum absolute atomic E-state index is 13.3. The van der Waals surface area contributed by atoms with Crippen molar-refractivity contribution in [2.45, 2.75) is 19.9 Å². The molecular weight excluding hydrogens is 436 g/mol. The SMILES string of the molecule is Cc1ccc(Cl)c2sc(N(Cc3cccnc3)C(=O)Cc3ccc([N+](=O)[O-])cc3)nc12. The normalized spacial score (nSPS) is 10.9. The van der Waals surface area contributed by atoms with Gasteiger partial charge in [-0.25, -0.2) is 4.98 Å². The van der Waals surface area contributed by atoms with Crippen molar-refractivity contribution in [3.8, 4) is 0 Å². The average Bonchev–Trinajstić information content (AvgIpc) is 3.22. The number of hydrogen-bond donors (Lipinski definition) is 0. The fourth-order valence-corrected chi connectivity index (χ4v) is 4.48. The summed E-state index contributed by atoms with van der Waals surface area (Å²) in [7, 11) is 0. The van der Waals surface area contributed by atoms with E-state index in [-0.39, 0.29) is 18.0 Å². The van der Waals surface area contributed by atoms with Gasteiger partial charge in [0.05, 0.1) is 33.1 Å². The van der Waals surface area contributed by atoms with E-state index in [1.54, 1.807) is 29.4 Å². The lowest BCUT2D eigenvalue weighted by Crippen LogP contribution is -2.31. The van der Waals surface area contributed by atoms with Gasteiger partial charge in [0.25, 0.3) is 5.69 Å². The zero-order valence-electron chi connectivity index (χ0n) is 16.5. The summed E-state index contributed by atoms with van der Waals surface area (Å²) >= 11 is 7.72. The number of pyridine rings is 1. The Morgan fingerprint density at radius 2 is 1.94 bits per heavy atom. The fourth-order valence-electron chi connectivity index (χ4n) is 3.15. The molecule has 0 radical (unpaired) electrons. The summed E-state index contributed by atoms with van der Waals surface area (Å²) in [5.74, 6) is -0.175. The van der Waals surface area contributed by atoms with Crippen LogP contribution < -0.4 is 4.90 Å². The third-order valence-electron chi connectivity index (χ3n) is 4.78. The molecule has 2 heterocycles. The van der Waals surface area contributed by atoms with Crippen LogP contribution in [0.15, 0.2) is 60.9 Å². The first-order chi connectivity index (χ1) is 14.9. The number of hydrogen-bond acceptors (Lipinski definition) is 6. The van der Waals surface area contributed by atoms with Crippen LogP contribution in [0.5, 0.6) is 0 Å². The van der Waals surface area contributed by atoms with E-state index in [1.807, 2.05) is 31.2 Å². The van der Waals surface area contributed by atoms with E-state index < -0.39 is 4.92 Å². The van der Waals surface area contributed by atoms with Crippen LogP contribution in [-0.2, 0) is 17.8 Å². The number of halogens is 1. The van der Waals surface area contributed by atoms with E-state index in [9.17, 15) is 14.9 Å². The molecule has 4 aromatic rings. The standard InChI is InChI=1S/C22H17ClN4O3S/c1-14-4-9-18(23)21-20(14)25-22(31-21)26(13-16-3-2-10-24-12-16)19(28)11-15-5-7-17(8-6-15)27(29)30/h2-10,12H,11,13H2,1H3. The number of thiazole rings is 1.